The predicted octanol–water partition coefficient (Wildman–Crippen LogP) is 5.35. The molecule has 0 spiro atoms. The fourth-order valence-electron chi connectivity index (χ4n) is 2.96. The van der Waals surface area contributed by atoms with Crippen molar-refractivity contribution in [1.29, 1.82) is 0 Å². The highest BCUT2D eigenvalue weighted by Crippen LogP contribution is 2.21. The van der Waals surface area contributed by atoms with Crippen LogP contribution in [-0.4, -0.2) is 4.98 Å². The zero-order valence-corrected chi connectivity index (χ0v) is 16.0. The average Bonchev–Trinajstić information content (AvgIpc) is 2.74. The minimum Gasteiger partial charge on any atom is -0.487 e. The van der Waals surface area contributed by atoms with Gasteiger partial charge in [-0.05, 0) is 54.1 Å². The van der Waals surface area contributed by atoms with E-state index in [4.69, 9.17) is 22.2 Å². The van der Waals surface area contributed by atoms with E-state index in [0.717, 1.165) is 38.6 Å². The molecule has 2 N–H and O–H groups in total. The van der Waals surface area contributed by atoms with E-state index in [9.17, 15) is 0 Å². The Morgan fingerprint density at radius 3 is 2.39 bits per heavy atom. The monoisotopic (exact) mass is 389 g/mol. The topological polar surface area (TPSA) is 51.4 Å². The lowest BCUT2D eigenvalue weighted by atomic mass is 10.2. The number of benzene rings is 3. The molecule has 0 atom stereocenters. The van der Waals surface area contributed by atoms with Crippen molar-refractivity contribution < 1.29 is 4.74 Å². The molecule has 0 aliphatic rings. The van der Waals surface area contributed by atoms with Crippen LogP contribution in [0.4, 0.5) is 5.69 Å². The number of hydrogen-bond donors (Lipinski definition) is 1. The molecule has 4 rings (SSSR count). The van der Waals surface area contributed by atoms with Gasteiger partial charge in [0, 0.05) is 10.4 Å². The number of pyridine rings is 1. The molecular formula is C23H20ClN3O. The molecule has 0 amide bonds. The molecule has 0 saturated carbocycles. The van der Waals surface area contributed by atoms with Gasteiger partial charge < -0.3 is 9.75 Å². The fraction of sp³-hybridized carbons (Fsp3) is 0.0870. The van der Waals surface area contributed by atoms with Crippen LogP contribution in [0.5, 0.6) is 5.75 Å². The number of nitrogens with two attached hydrogens (primary N) is 1. The molecule has 140 valence electrons. The molecule has 3 aromatic carbocycles. The van der Waals surface area contributed by atoms with Gasteiger partial charge in [0.1, 0.15) is 12.4 Å². The van der Waals surface area contributed by atoms with Crippen molar-refractivity contribution in [1.82, 2.24) is 4.98 Å². The highest BCUT2D eigenvalue weighted by atomic mass is 35.5. The van der Waals surface area contributed by atoms with Gasteiger partial charge in [0.25, 0.3) is 0 Å². The quantitative estimate of drug-likeness (QED) is 0.357. The Balaban J connectivity index is 1.37. The van der Waals surface area contributed by atoms with E-state index < -0.39 is 0 Å². The summed E-state index contributed by atoms with van der Waals surface area (Å²) in [6.07, 6.45) is 0. The second kappa shape index (κ2) is 8.30. The van der Waals surface area contributed by atoms with Gasteiger partial charge in [-0.3, -0.25) is 0 Å². The van der Waals surface area contributed by atoms with Gasteiger partial charge in [0.15, 0.2) is 0 Å². The first-order valence-corrected chi connectivity index (χ1v) is 9.39. The van der Waals surface area contributed by atoms with E-state index in [2.05, 4.69) is 11.1 Å². The summed E-state index contributed by atoms with van der Waals surface area (Å²) in [6, 6.07) is 27.5. The van der Waals surface area contributed by atoms with Gasteiger partial charge in [0.05, 0.1) is 23.4 Å². The standard InChI is InChI=1S/C23H20ClN3O/c24-19-8-5-17(6-9-19)15-27(25)21-11-13-22(14-12-21)28-16-20-10-7-18-3-1-2-4-23(18)26-20/h1-14H,15-16,25H2. The van der Waals surface area contributed by atoms with E-state index in [1.54, 1.807) is 5.01 Å². The third-order valence-electron chi connectivity index (χ3n) is 4.48. The SMILES string of the molecule is NN(Cc1ccc(Cl)cc1)c1ccc(OCc2ccc3ccccc3n2)cc1. The molecular weight excluding hydrogens is 370 g/mol. The van der Waals surface area contributed by atoms with E-state index in [0.29, 0.717) is 13.2 Å². The highest BCUT2D eigenvalue weighted by Gasteiger charge is 2.05. The minimum atomic E-state index is 0.418. The van der Waals surface area contributed by atoms with Crippen molar-refractivity contribution in [2.45, 2.75) is 13.2 Å². The first kappa shape index (κ1) is 18.3. The summed E-state index contributed by atoms with van der Waals surface area (Å²) < 4.78 is 5.87. The lowest BCUT2D eigenvalue weighted by molar-refractivity contribution is 0.302. The van der Waals surface area contributed by atoms with E-state index >= 15 is 0 Å². The molecule has 0 aliphatic carbocycles. The number of hydrazine groups is 1. The van der Waals surface area contributed by atoms with Crippen LogP contribution in [0.15, 0.2) is 84.9 Å². The number of aromatic nitrogens is 1. The van der Waals surface area contributed by atoms with Crippen LogP contribution in [0.1, 0.15) is 11.3 Å². The van der Waals surface area contributed by atoms with Crippen molar-refractivity contribution in [2.24, 2.45) is 5.84 Å². The van der Waals surface area contributed by atoms with E-state index in [1.807, 2.05) is 78.9 Å². The highest BCUT2D eigenvalue weighted by molar-refractivity contribution is 6.30. The predicted molar refractivity (Wildman–Crippen MR) is 114 cm³/mol. The maximum absolute atomic E-state index is 6.18. The van der Waals surface area contributed by atoms with Crippen LogP contribution in [0.25, 0.3) is 10.9 Å². The van der Waals surface area contributed by atoms with Gasteiger partial charge in [-0.1, -0.05) is 48.0 Å². The summed E-state index contributed by atoms with van der Waals surface area (Å²) in [5.41, 5.74) is 3.87. The summed E-state index contributed by atoms with van der Waals surface area (Å²) in [5.74, 6) is 6.96. The third-order valence-corrected chi connectivity index (χ3v) is 4.73. The lowest BCUT2D eigenvalue weighted by Crippen LogP contribution is -2.29. The van der Waals surface area contributed by atoms with Crippen LogP contribution in [0, 0.1) is 0 Å². The molecule has 0 saturated heterocycles. The van der Waals surface area contributed by atoms with Crippen LogP contribution >= 0.6 is 11.6 Å². The Morgan fingerprint density at radius 1 is 0.857 bits per heavy atom. The Bertz CT molecular complexity index is 1070. The van der Waals surface area contributed by atoms with Crippen LogP contribution in [-0.2, 0) is 13.2 Å². The molecule has 5 heteroatoms. The maximum Gasteiger partial charge on any atom is 0.130 e. The minimum absolute atomic E-state index is 0.418. The van der Waals surface area contributed by atoms with E-state index in [-0.39, 0.29) is 0 Å². The summed E-state index contributed by atoms with van der Waals surface area (Å²) in [6.45, 7) is 1.01. The Labute approximate surface area is 169 Å². The summed E-state index contributed by atoms with van der Waals surface area (Å²) in [7, 11) is 0. The first-order chi connectivity index (χ1) is 13.7. The molecule has 0 fully saturated rings. The molecule has 0 bridgehead atoms. The number of ether oxygens (including phenoxy) is 1. The van der Waals surface area contributed by atoms with Gasteiger partial charge in [-0.25, -0.2) is 10.8 Å². The van der Waals surface area contributed by atoms with Gasteiger partial charge in [-0.2, -0.15) is 0 Å². The second-order valence-corrected chi connectivity index (χ2v) is 6.97. The average molecular weight is 390 g/mol. The molecule has 28 heavy (non-hydrogen) atoms. The molecule has 0 radical (unpaired) electrons. The van der Waals surface area contributed by atoms with Crippen LogP contribution < -0.4 is 15.6 Å². The molecule has 4 aromatic rings. The van der Waals surface area contributed by atoms with Crippen LogP contribution in [0.3, 0.4) is 0 Å². The van der Waals surface area contributed by atoms with Gasteiger partial charge in [0.2, 0.25) is 0 Å². The summed E-state index contributed by atoms with van der Waals surface area (Å²) >= 11 is 5.92. The number of rotatable bonds is 6. The Hall–Kier alpha value is -3.08. The molecule has 1 aromatic heterocycles. The smallest absolute Gasteiger partial charge is 0.130 e. The number of hydrogen-bond acceptors (Lipinski definition) is 4. The normalized spacial score (nSPS) is 10.8. The number of fused-ring (bicyclic) bond motifs is 1. The van der Waals surface area contributed by atoms with Crippen molar-refractivity contribution in [3.05, 3.63) is 101 Å². The Kier molecular flexibility index (Phi) is 5.42. The van der Waals surface area contributed by atoms with Gasteiger partial charge in [-0.15, -0.1) is 0 Å². The number of anilines is 1. The maximum atomic E-state index is 6.18. The number of nitrogens with zero attached hydrogens (tertiary/aromatic N) is 2. The largest absolute Gasteiger partial charge is 0.487 e. The summed E-state index contributed by atoms with van der Waals surface area (Å²) in [5, 5.41) is 3.53. The zero-order valence-electron chi connectivity index (χ0n) is 15.3. The first-order valence-electron chi connectivity index (χ1n) is 9.01. The van der Waals surface area contributed by atoms with Crippen LogP contribution in [0.2, 0.25) is 5.02 Å². The molecule has 0 aliphatic heterocycles. The fourth-order valence-corrected chi connectivity index (χ4v) is 3.08. The van der Waals surface area contributed by atoms with Gasteiger partial charge >= 0.3 is 0 Å². The molecule has 4 nitrogen and oxygen atoms in total. The van der Waals surface area contributed by atoms with E-state index in [1.165, 1.54) is 0 Å². The second-order valence-electron chi connectivity index (χ2n) is 6.53. The molecule has 1 heterocycles. The van der Waals surface area contributed by atoms with Crippen molar-refractivity contribution in [3.8, 4) is 5.75 Å². The zero-order chi connectivity index (χ0) is 19.3. The van der Waals surface area contributed by atoms with Crippen molar-refractivity contribution in [3.63, 3.8) is 0 Å². The number of para-hydroxylation sites is 1. The Morgan fingerprint density at radius 2 is 1.61 bits per heavy atom. The summed E-state index contributed by atoms with van der Waals surface area (Å²) in [4.78, 5) is 4.63. The van der Waals surface area contributed by atoms with Crippen molar-refractivity contribution >= 4 is 28.2 Å². The number of halogens is 1. The van der Waals surface area contributed by atoms with Crippen molar-refractivity contribution in [2.75, 3.05) is 5.01 Å². The lowest BCUT2D eigenvalue weighted by Gasteiger charge is -2.19. The third kappa shape index (κ3) is 4.42. The molecule has 0 unspecified atom stereocenters.